The van der Waals surface area contributed by atoms with Gasteiger partial charge in [0, 0.05) is 0 Å². The van der Waals surface area contributed by atoms with Crippen molar-refractivity contribution in [1.29, 1.82) is 0 Å². The molecule has 0 saturated carbocycles. The fraction of sp³-hybridized carbons (Fsp3) is 1.00. The van der Waals surface area contributed by atoms with Crippen LogP contribution in [0.5, 0.6) is 0 Å². The Hall–Kier alpha value is 1.68. The third-order valence-electron chi connectivity index (χ3n) is 1.93. The average Bonchev–Trinajstić information content (AvgIpc) is 2.04. The first-order valence-corrected chi connectivity index (χ1v) is 16.7. The molecule has 0 amide bonds. The Morgan fingerprint density at radius 3 is 1.67 bits per heavy atom. The molecule has 0 bridgehead atoms. The number of rotatable bonds is 6. The van der Waals surface area contributed by atoms with Crippen molar-refractivity contribution in [2.45, 2.75) is 51.6 Å². The summed E-state index contributed by atoms with van der Waals surface area (Å²) in [4.78, 5) is 0. The van der Waals surface area contributed by atoms with Gasteiger partial charge < -0.3 is 0 Å². The van der Waals surface area contributed by atoms with Gasteiger partial charge in [-0.25, -0.2) is 0 Å². The standard InChI is InChI=1S/C8H18Si.2ClH.Zr/c1-3-5-7-9-8-6-4-2;;;/h3-8H2,1-2H3;2*1H;/q;;;+2/p-2. The Morgan fingerprint density at radius 1 is 1.00 bits per heavy atom. The summed E-state index contributed by atoms with van der Waals surface area (Å²) >= 11 is -1.82. The van der Waals surface area contributed by atoms with Crippen LogP contribution in [0.1, 0.15) is 39.5 Å². The molecule has 0 spiro atoms. The monoisotopic (exact) mass is 302 g/mol. The van der Waals surface area contributed by atoms with Crippen LogP contribution < -0.4 is 0 Å². The van der Waals surface area contributed by atoms with E-state index in [4.69, 9.17) is 17.0 Å². The Morgan fingerprint density at radius 2 is 1.42 bits per heavy atom. The van der Waals surface area contributed by atoms with Crippen molar-refractivity contribution in [2.75, 3.05) is 0 Å². The van der Waals surface area contributed by atoms with E-state index < -0.39 is 18.0 Å². The first-order chi connectivity index (χ1) is 5.72. The van der Waals surface area contributed by atoms with Gasteiger partial charge in [-0.1, -0.05) is 0 Å². The maximum atomic E-state index is 6.12. The molecule has 0 aliphatic heterocycles. The SMILES string of the molecule is CCCC[Si](CCCC)=[Zr]([Cl])[Cl]. The Balaban J connectivity index is 3.80. The van der Waals surface area contributed by atoms with Crippen molar-refractivity contribution in [3.05, 3.63) is 0 Å². The van der Waals surface area contributed by atoms with Crippen molar-refractivity contribution in [1.82, 2.24) is 0 Å². The fourth-order valence-electron chi connectivity index (χ4n) is 1.09. The van der Waals surface area contributed by atoms with Gasteiger partial charge in [-0.3, -0.25) is 0 Å². The van der Waals surface area contributed by atoms with E-state index in [1.54, 1.807) is 0 Å². The summed E-state index contributed by atoms with van der Waals surface area (Å²) in [6, 6.07) is 2.76. The second-order valence-corrected chi connectivity index (χ2v) is 24.1. The number of unbranched alkanes of at least 4 members (excludes halogenated alkanes) is 2. The molecule has 0 N–H and O–H groups in total. The third-order valence-corrected chi connectivity index (χ3v) is 21.5. The van der Waals surface area contributed by atoms with Gasteiger partial charge in [-0.15, -0.1) is 0 Å². The van der Waals surface area contributed by atoms with Crippen LogP contribution in [-0.4, -0.2) is 5.43 Å². The van der Waals surface area contributed by atoms with Crippen molar-refractivity contribution in [3.8, 4) is 0 Å². The molecule has 0 fully saturated rings. The quantitative estimate of drug-likeness (QED) is 0.634. The van der Waals surface area contributed by atoms with E-state index in [0.29, 0.717) is 0 Å². The van der Waals surface area contributed by atoms with E-state index in [9.17, 15) is 0 Å². The van der Waals surface area contributed by atoms with E-state index in [0.717, 1.165) is 0 Å². The van der Waals surface area contributed by atoms with E-state index in [-0.39, 0.29) is 5.43 Å². The minimum atomic E-state index is -1.82. The van der Waals surface area contributed by atoms with Gasteiger partial charge in [-0.2, -0.15) is 0 Å². The van der Waals surface area contributed by atoms with Gasteiger partial charge in [-0.05, 0) is 0 Å². The van der Waals surface area contributed by atoms with E-state index in [2.05, 4.69) is 13.8 Å². The molecule has 0 atom stereocenters. The van der Waals surface area contributed by atoms with Gasteiger partial charge in [0.1, 0.15) is 0 Å². The minimum absolute atomic E-state index is 0.259. The van der Waals surface area contributed by atoms with E-state index in [1.807, 2.05) is 0 Å². The summed E-state index contributed by atoms with van der Waals surface area (Å²) in [5.74, 6) is 0. The van der Waals surface area contributed by atoms with Crippen LogP contribution in [0.15, 0.2) is 0 Å². The first-order valence-electron chi connectivity index (χ1n) is 4.75. The van der Waals surface area contributed by atoms with Gasteiger partial charge >= 0.3 is 92.1 Å². The van der Waals surface area contributed by atoms with Crippen LogP contribution in [0, 0.1) is 0 Å². The molecule has 0 saturated heterocycles. The molecule has 0 aromatic carbocycles. The molecular weight excluding hydrogens is 286 g/mol. The van der Waals surface area contributed by atoms with Crippen LogP contribution in [0.3, 0.4) is 0 Å². The van der Waals surface area contributed by atoms with E-state index in [1.165, 1.54) is 37.8 Å². The Bertz CT molecular complexity index is 134. The van der Waals surface area contributed by atoms with Crippen LogP contribution in [0.25, 0.3) is 0 Å². The second kappa shape index (κ2) is 9.24. The van der Waals surface area contributed by atoms with Crippen LogP contribution >= 0.6 is 17.0 Å². The van der Waals surface area contributed by atoms with Gasteiger partial charge in [0.25, 0.3) is 0 Å². The molecule has 0 heterocycles. The third kappa shape index (κ3) is 7.12. The van der Waals surface area contributed by atoms with Crippen molar-refractivity contribution in [3.63, 3.8) is 0 Å². The van der Waals surface area contributed by atoms with Crippen molar-refractivity contribution < 1.29 is 18.0 Å². The summed E-state index contributed by atoms with van der Waals surface area (Å²) in [5.41, 5.74) is -0.259. The Kier molecular flexibility index (Phi) is 10.5. The zero-order chi connectivity index (χ0) is 9.40. The maximum absolute atomic E-state index is 6.12. The molecule has 0 aromatic heterocycles. The van der Waals surface area contributed by atoms with Gasteiger partial charge in [0.2, 0.25) is 0 Å². The molecule has 0 aliphatic carbocycles. The molecule has 0 unspecified atom stereocenters. The molecule has 0 radical (unpaired) electrons. The zero-order valence-electron chi connectivity index (χ0n) is 8.00. The predicted molar refractivity (Wildman–Crippen MR) is 56.9 cm³/mol. The normalized spacial score (nSPS) is 10.0. The molecule has 0 aromatic rings. The molecule has 12 heavy (non-hydrogen) atoms. The van der Waals surface area contributed by atoms with Crippen molar-refractivity contribution in [2.24, 2.45) is 0 Å². The molecule has 0 aliphatic rings. The molecule has 0 nitrogen and oxygen atoms in total. The number of hydrogen-bond donors (Lipinski definition) is 0. The fourth-order valence-corrected chi connectivity index (χ4v) is 15.4. The summed E-state index contributed by atoms with van der Waals surface area (Å²) < 4.78 is 0. The average molecular weight is 304 g/mol. The predicted octanol–water partition coefficient (Wildman–Crippen LogP) is 4.50. The van der Waals surface area contributed by atoms with Crippen LogP contribution in [-0.2, 0) is 18.0 Å². The summed E-state index contributed by atoms with van der Waals surface area (Å²) in [7, 11) is 12.2. The summed E-state index contributed by atoms with van der Waals surface area (Å²) in [6.07, 6.45) is 5.29. The first kappa shape index (κ1) is 13.7. The second-order valence-electron chi connectivity index (χ2n) is 3.07. The van der Waals surface area contributed by atoms with Crippen LogP contribution in [0.2, 0.25) is 12.1 Å². The number of hydrogen-bond acceptors (Lipinski definition) is 0. The van der Waals surface area contributed by atoms with Gasteiger partial charge in [0.15, 0.2) is 0 Å². The molecule has 72 valence electrons. The Labute approximate surface area is 91.3 Å². The topological polar surface area (TPSA) is 0 Å². The molecular formula is C8H18Cl2SiZr. The molecule has 0 rings (SSSR count). The summed E-state index contributed by atoms with van der Waals surface area (Å²) in [6.45, 7) is 4.48. The zero-order valence-corrected chi connectivity index (χ0v) is 13.0. The summed E-state index contributed by atoms with van der Waals surface area (Å²) in [5, 5.41) is 0. The van der Waals surface area contributed by atoms with Crippen molar-refractivity contribution >= 4 is 22.5 Å². The molecule has 4 heteroatoms. The van der Waals surface area contributed by atoms with E-state index >= 15 is 0 Å². The number of halogens is 2. The van der Waals surface area contributed by atoms with Crippen LogP contribution in [0.4, 0.5) is 0 Å². The van der Waals surface area contributed by atoms with Gasteiger partial charge in [0.05, 0.1) is 0 Å².